The normalized spacial score (nSPS) is 11.5. The summed E-state index contributed by atoms with van der Waals surface area (Å²) >= 11 is 0. The number of nitrogens with zero attached hydrogens (tertiary/aromatic N) is 1. The standard InChI is InChI=1S/C16H13FN2O/c1-10-4-2-3-5-14(10)18-9-13-12-8-11(17)6-7-15(12)19-16(13)20/h2-9,19-20H,1H3. The van der Waals surface area contributed by atoms with Crippen molar-refractivity contribution in [3.05, 3.63) is 59.4 Å². The lowest BCUT2D eigenvalue weighted by molar-refractivity contribution is 0.457. The fourth-order valence-electron chi connectivity index (χ4n) is 2.14. The summed E-state index contributed by atoms with van der Waals surface area (Å²) in [5.41, 5.74) is 3.02. The molecular formula is C16H13FN2O. The molecule has 0 fully saturated rings. The zero-order valence-corrected chi connectivity index (χ0v) is 10.9. The molecule has 20 heavy (non-hydrogen) atoms. The Bertz CT molecular complexity index is 805. The third-order valence-corrected chi connectivity index (χ3v) is 3.23. The second-order valence-electron chi connectivity index (χ2n) is 4.62. The lowest BCUT2D eigenvalue weighted by Gasteiger charge is -1.98. The van der Waals surface area contributed by atoms with Gasteiger partial charge in [-0.25, -0.2) is 4.39 Å². The number of aromatic amines is 1. The minimum absolute atomic E-state index is 0.0112. The molecule has 3 rings (SSSR count). The molecule has 1 heterocycles. The van der Waals surface area contributed by atoms with Gasteiger partial charge in [-0.3, -0.25) is 4.99 Å². The molecule has 0 saturated heterocycles. The second-order valence-corrected chi connectivity index (χ2v) is 4.62. The molecule has 3 aromatic rings. The van der Waals surface area contributed by atoms with Gasteiger partial charge in [-0.05, 0) is 36.8 Å². The molecule has 0 aliphatic carbocycles. The molecule has 100 valence electrons. The highest BCUT2D eigenvalue weighted by Gasteiger charge is 2.09. The van der Waals surface area contributed by atoms with Gasteiger partial charge in [-0.1, -0.05) is 18.2 Å². The van der Waals surface area contributed by atoms with Gasteiger partial charge in [0.05, 0.1) is 11.3 Å². The largest absolute Gasteiger partial charge is 0.494 e. The van der Waals surface area contributed by atoms with Crippen LogP contribution in [0.3, 0.4) is 0 Å². The van der Waals surface area contributed by atoms with Crippen molar-refractivity contribution in [1.82, 2.24) is 4.98 Å². The van der Waals surface area contributed by atoms with E-state index in [1.807, 2.05) is 31.2 Å². The molecule has 2 N–H and O–H groups in total. The highest BCUT2D eigenvalue weighted by molar-refractivity contribution is 6.02. The summed E-state index contributed by atoms with van der Waals surface area (Å²) in [5.74, 6) is -0.357. The quantitative estimate of drug-likeness (QED) is 0.676. The zero-order chi connectivity index (χ0) is 14.1. The molecule has 0 bridgehead atoms. The van der Waals surface area contributed by atoms with Crippen molar-refractivity contribution in [3.63, 3.8) is 0 Å². The lowest BCUT2D eigenvalue weighted by Crippen LogP contribution is -1.81. The van der Waals surface area contributed by atoms with E-state index in [1.165, 1.54) is 12.1 Å². The van der Waals surface area contributed by atoms with Gasteiger partial charge in [-0.15, -0.1) is 0 Å². The topological polar surface area (TPSA) is 48.4 Å². The molecular weight excluding hydrogens is 255 g/mol. The van der Waals surface area contributed by atoms with Crippen molar-refractivity contribution in [2.45, 2.75) is 6.92 Å². The van der Waals surface area contributed by atoms with Crippen LogP contribution in [0, 0.1) is 12.7 Å². The summed E-state index contributed by atoms with van der Waals surface area (Å²) < 4.78 is 13.3. The van der Waals surface area contributed by atoms with Crippen molar-refractivity contribution in [3.8, 4) is 5.88 Å². The predicted octanol–water partition coefficient (Wildman–Crippen LogP) is 4.07. The van der Waals surface area contributed by atoms with Gasteiger partial charge < -0.3 is 10.1 Å². The third kappa shape index (κ3) is 2.16. The maximum atomic E-state index is 13.3. The van der Waals surface area contributed by atoms with E-state index < -0.39 is 0 Å². The van der Waals surface area contributed by atoms with Crippen molar-refractivity contribution >= 4 is 22.8 Å². The van der Waals surface area contributed by atoms with E-state index in [-0.39, 0.29) is 11.7 Å². The number of rotatable bonds is 2. The van der Waals surface area contributed by atoms with E-state index >= 15 is 0 Å². The number of halogens is 1. The first-order chi connectivity index (χ1) is 9.65. The number of H-pyrrole nitrogens is 1. The fraction of sp³-hybridized carbons (Fsp3) is 0.0625. The van der Waals surface area contributed by atoms with Crippen LogP contribution in [-0.2, 0) is 0 Å². The zero-order valence-electron chi connectivity index (χ0n) is 10.9. The Morgan fingerprint density at radius 3 is 2.80 bits per heavy atom. The van der Waals surface area contributed by atoms with Crippen molar-refractivity contribution in [1.29, 1.82) is 0 Å². The smallest absolute Gasteiger partial charge is 0.198 e. The van der Waals surface area contributed by atoms with Crippen LogP contribution >= 0.6 is 0 Å². The molecule has 3 nitrogen and oxygen atoms in total. The molecule has 2 aromatic carbocycles. The molecule has 0 aliphatic heterocycles. The van der Waals surface area contributed by atoms with Gasteiger partial charge in [0.25, 0.3) is 0 Å². The highest BCUT2D eigenvalue weighted by Crippen LogP contribution is 2.27. The van der Waals surface area contributed by atoms with E-state index in [2.05, 4.69) is 9.98 Å². The highest BCUT2D eigenvalue weighted by atomic mass is 19.1. The summed E-state index contributed by atoms with van der Waals surface area (Å²) in [6.07, 6.45) is 1.55. The first-order valence-corrected chi connectivity index (χ1v) is 6.25. The number of aryl methyl sites for hydroxylation is 1. The molecule has 0 aliphatic rings. The van der Waals surface area contributed by atoms with Crippen LogP contribution in [0.15, 0.2) is 47.5 Å². The van der Waals surface area contributed by atoms with E-state index in [0.717, 1.165) is 11.3 Å². The molecule has 0 spiro atoms. The number of fused-ring (bicyclic) bond motifs is 1. The van der Waals surface area contributed by atoms with Crippen molar-refractivity contribution in [2.75, 3.05) is 0 Å². The Balaban J connectivity index is 2.09. The summed E-state index contributed by atoms with van der Waals surface area (Å²) in [6.45, 7) is 1.96. The Labute approximate surface area is 115 Å². The first kappa shape index (κ1) is 12.4. The second kappa shape index (κ2) is 4.81. The van der Waals surface area contributed by atoms with Crippen LogP contribution < -0.4 is 0 Å². The maximum Gasteiger partial charge on any atom is 0.198 e. The van der Waals surface area contributed by atoms with Gasteiger partial charge in [0.2, 0.25) is 0 Å². The van der Waals surface area contributed by atoms with Gasteiger partial charge in [0.1, 0.15) is 5.82 Å². The van der Waals surface area contributed by atoms with Crippen LogP contribution in [0.5, 0.6) is 5.88 Å². The molecule has 0 amide bonds. The Hall–Kier alpha value is -2.62. The molecule has 4 heteroatoms. The molecule has 1 aromatic heterocycles. The van der Waals surface area contributed by atoms with E-state index in [9.17, 15) is 9.50 Å². The van der Waals surface area contributed by atoms with E-state index in [1.54, 1.807) is 12.3 Å². The number of benzene rings is 2. The monoisotopic (exact) mass is 268 g/mol. The minimum Gasteiger partial charge on any atom is -0.494 e. The molecule has 0 unspecified atom stereocenters. The fourth-order valence-corrected chi connectivity index (χ4v) is 2.14. The number of hydrogen-bond donors (Lipinski definition) is 2. The van der Waals surface area contributed by atoms with Crippen LogP contribution in [-0.4, -0.2) is 16.3 Å². The first-order valence-electron chi connectivity index (χ1n) is 6.25. The number of nitrogens with one attached hydrogen (secondary N) is 1. The van der Waals surface area contributed by atoms with Gasteiger partial charge in [-0.2, -0.15) is 0 Å². The van der Waals surface area contributed by atoms with Gasteiger partial charge in [0.15, 0.2) is 5.88 Å². The number of aromatic hydroxyl groups is 1. The van der Waals surface area contributed by atoms with Gasteiger partial charge >= 0.3 is 0 Å². The van der Waals surface area contributed by atoms with Crippen LogP contribution in [0.4, 0.5) is 10.1 Å². The average molecular weight is 268 g/mol. The molecule has 0 saturated carbocycles. The van der Waals surface area contributed by atoms with Gasteiger partial charge in [0, 0.05) is 17.1 Å². The Morgan fingerprint density at radius 1 is 1.20 bits per heavy atom. The SMILES string of the molecule is Cc1ccccc1N=Cc1c(O)[nH]c2ccc(F)cc12. The molecule has 0 atom stereocenters. The van der Waals surface area contributed by atoms with Crippen LogP contribution in [0.2, 0.25) is 0 Å². The third-order valence-electron chi connectivity index (χ3n) is 3.23. The summed E-state index contributed by atoms with van der Waals surface area (Å²) in [7, 11) is 0. The summed E-state index contributed by atoms with van der Waals surface area (Å²) in [4.78, 5) is 7.16. The number of aliphatic imine (C=N–C) groups is 1. The average Bonchev–Trinajstić information content (AvgIpc) is 2.73. The number of hydrogen-bond acceptors (Lipinski definition) is 2. The number of para-hydroxylation sites is 1. The van der Waals surface area contributed by atoms with Crippen molar-refractivity contribution in [2.24, 2.45) is 4.99 Å². The Morgan fingerprint density at radius 2 is 2.00 bits per heavy atom. The summed E-state index contributed by atoms with van der Waals surface area (Å²) in [6, 6.07) is 12.0. The number of aromatic nitrogens is 1. The van der Waals surface area contributed by atoms with E-state index in [4.69, 9.17) is 0 Å². The van der Waals surface area contributed by atoms with E-state index in [0.29, 0.717) is 16.5 Å². The van der Waals surface area contributed by atoms with Crippen molar-refractivity contribution < 1.29 is 9.50 Å². The minimum atomic E-state index is -0.345. The lowest BCUT2D eigenvalue weighted by atomic mass is 10.1. The molecule has 0 radical (unpaired) electrons. The summed E-state index contributed by atoms with van der Waals surface area (Å²) in [5, 5.41) is 10.5. The van der Waals surface area contributed by atoms with Crippen LogP contribution in [0.1, 0.15) is 11.1 Å². The Kier molecular flexibility index (Phi) is 2.99. The predicted molar refractivity (Wildman–Crippen MR) is 78.4 cm³/mol. The van der Waals surface area contributed by atoms with Crippen LogP contribution in [0.25, 0.3) is 10.9 Å². The maximum absolute atomic E-state index is 13.3.